The van der Waals surface area contributed by atoms with Crippen molar-refractivity contribution in [3.8, 4) is 0 Å². The van der Waals surface area contributed by atoms with Gasteiger partial charge in [0, 0.05) is 6.16 Å². The first-order chi connectivity index (χ1) is 16.6. The monoisotopic (exact) mass is 576 g/mol. The second kappa shape index (κ2) is 10.9. The van der Waals surface area contributed by atoms with Crippen LogP contribution in [0.4, 0.5) is 52.7 Å². The van der Waals surface area contributed by atoms with E-state index in [2.05, 4.69) is 0 Å². The smallest absolute Gasteiger partial charge is 0.304 e. The van der Waals surface area contributed by atoms with Crippen LogP contribution >= 0.6 is 7.60 Å². The van der Waals surface area contributed by atoms with Crippen LogP contribution in [0.25, 0.3) is 0 Å². The number of alkyl halides is 12. The van der Waals surface area contributed by atoms with Crippen LogP contribution in [0.15, 0.2) is 36.4 Å². The Kier molecular flexibility index (Phi) is 9.09. The fraction of sp³-hybridized carbons (Fsp3) is 0.429. The molecule has 37 heavy (non-hydrogen) atoms. The second-order valence-corrected chi connectivity index (χ2v) is 9.90. The standard InChI is InChI=1S/C21H17F12O3P/c1-2-3-37(34,35-10-12-4-14(18(22,23)24)8-15(5-12)19(25,26)27)36-11-13-6-16(20(28,29)30)9-17(7-13)21(31,32)33/h4-9H,2-3,10-11H2,1H3. The predicted octanol–water partition coefficient (Wildman–Crippen LogP) is 9.10. The van der Waals surface area contributed by atoms with Crippen molar-refractivity contribution >= 4 is 7.60 Å². The van der Waals surface area contributed by atoms with Gasteiger partial charge in [0.2, 0.25) is 0 Å². The lowest BCUT2D eigenvalue weighted by atomic mass is 10.1. The minimum absolute atomic E-state index is 0.0179. The lowest BCUT2D eigenvalue weighted by Crippen LogP contribution is -2.12. The Labute approximate surface area is 201 Å². The van der Waals surface area contributed by atoms with Gasteiger partial charge in [-0.25, -0.2) is 0 Å². The van der Waals surface area contributed by atoms with Gasteiger partial charge in [-0.1, -0.05) is 6.92 Å². The molecule has 0 heterocycles. The summed E-state index contributed by atoms with van der Waals surface area (Å²) in [7, 11) is -4.40. The van der Waals surface area contributed by atoms with Crippen molar-refractivity contribution in [2.45, 2.75) is 51.3 Å². The van der Waals surface area contributed by atoms with Crippen LogP contribution in [0.2, 0.25) is 0 Å². The molecule has 0 unspecified atom stereocenters. The minimum atomic E-state index is -5.17. The van der Waals surface area contributed by atoms with E-state index in [4.69, 9.17) is 9.05 Å². The molecule has 0 spiro atoms. The molecule has 0 fully saturated rings. The Bertz CT molecular complexity index is 986. The van der Waals surface area contributed by atoms with Crippen molar-refractivity contribution < 1.29 is 66.3 Å². The highest BCUT2D eigenvalue weighted by Crippen LogP contribution is 2.51. The van der Waals surface area contributed by atoms with Gasteiger partial charge in [-0.2, -0.15) is 52.7 Å². The lowest BCUT2D eigenvalue weighted by Gasteiger charge is -2.20. The highest BCUT2D eigenvalue weighted by atomic mass is 31.2. The van der Waals surface area contributed by atoms with Gasteiger partial charge in [-0.3, -0.25) is 4.57 Å². The molecule has 0 aliphatic heterocycles. The van der Waals surface area contributed by atoms with E-state index in [1.807, 2.05) is 0 Å². The highest BCUT2D eigenvalue weighted by molar-refractivity contribution is 7.53. The fourth-order valence-corrected chi connectivity index (χ4v) is 4.56. The van der Waals surface area contributed by atoms with E-state index in [0.717, 1.165) is 0 Å². The first kappa shape index (κ1) is 31.0. The van der Waals surface area contributed by atoms with Gasteiger partial charge >= 0.3 is 32.3 Å². The summed E-state index contributed by atoms with van der Waals surface area (Å²) in [5, 5.41) is 0. The Hall–Kier alpha value is -2.25. The maximum Gasteiger partial charge on any atom is 0.416 e. The van der Waals surface area contributed by atoms with E-state index in [1.165, 1.54) is 6.92 Å². The molecular formula is C21H17F12O3P. The number of hydrogen-bond acceptors (Lipinski definition) is 3. The zero-order chi connectivity index (χ0) is 28.4. The molecule has 0 saturated heterocycles. The number of benzene rings is 2. The summed E-state index contributed by atoms with van der Waals surface area (Å²) in [6.07, 6.45) is -21.1. The van der Waals surface area contributed by atoms with E-state index in [0.29, 0.717) is 24.3 Å². The molecule has 0 aliphatic carbocycles. The van der Waals surface area contributed by atoms with E-state index < -0.39 is 85.1 Å². The normalized spacial score (nSPS) is 13.8. The van der Waals surface area contributed by atoms with Crippen LogP contribution in [0.3, 0.4) is 0 Å². The maximum absolute atomic E-state index is 13.0. The quantitative estimate of drug-likeness (QED) is 0.232. The molecule has 0 radical (unpaired) electrons. The SMILES string of the molecule is CCCP(=O)(OCc1cc(C(F)(F)F)cc(C(F)(F)F)c1)OCc1cc(C(F)(F)F)cc(C(F)(F)F)c1. The van der Waals surface area contributed by atoms with Gasteiger partial charge in [-0.05, 0) is 53.9 Å². The maximum atomic E-state index is 13.0. The van der Waals surface area contributed by atoms with Crippen LogP contribution in [0.1, 0.15) is 46.7 Å². The number of rotatable bonds is 8. The minimum Gasteiger partial charge on any atom is -0.304 e. The van der Waals surface area contributed by atoms with Crippen molar-refractivity contribution in [3.05, 3.63) is 69.8 Å². The summed E-state index contributed by atoms with van der Waals surface area (Å²) in [6, 6.07) is 0.971. The summed E-state index contributed by atoms with van der Waals surface area (Å²) >= 11 is 0. The second-order valence-electron chi connectivity index (χ2n) is 7.71. The van der Waals surface area contributed by atoms with Crippen LogP contribution in [0, 0.1) is 0 Å². The Morgan fingerprint density at radius 1 is 0.568 bits per heavy atom. The molecule has 0 saturated carbocycles. The van der Waals surface area contributed by atoms with Crippen molar-refractivity contribution in [2.24, 2.45) is 0 Å². The first-order valence-electron chi connectivity index (χ1n) is 10.1. The van der Waals surface area contributed by atoms with Crippen LogP contribution in [-0.4, -0.2) is 6.16 Å². The van der Waals surface area contributed by atoms with E-state index in [9.17, 15) is 57.3 Å². The van der Waals surface area contributed by atoms with Gasteiger partial charge in [0.1, 0.15) is 0 Å². The molecule has 2 aromatic rings. The van der Waals surface area contributed by atoms with Crippen LogP contribution < -0.4 is 0 Å². The summed E-state index contributed by atoms with van der Waals surface area (Å²) in [5.74, 6) is 0. The molecule has 2 rings (SSSR count). The van der Waals surface area contributed by atoms with Crippen molar-refractivity contribution in [3.63, 3.8) is 0 Å². The van der Waals surface area contributed by atoms with Crippen LogP contribution in [-0.2, 0) is 51.5 Å². The Morgan fingerprint density at radius 3 is 1.05 bits per heavy atom. The topological polar surface area (TPSA) is 35.5 Å². The molecule has 0 aliphatic rings. The lowest BCUT2D eigenvalue weighted by molar-refractivity contribution is -0.144. The molecule has 0 N–H and O–H groups in total. The molecule has 0 atom stereocenters. The zero-order valence-electron chi connectivity index (χ0n) is 18.5. The van der Waals surface area contributed by atoms with Crippen LogP contribution in [0.5, 0.6) is 0 Å². The van der Waals surface area contributed by atoms with Crippen molar-refractivity contribution in [1.29, 1.82) is 0 Å². The van der Waals surface area contributed by atoms with Crippen molar-refractivity contribution in [2.75, 3.05) is 6.16 Å². The van der Waals surface area contributed by atoms with E-state index in [-0.39, 0.29) is 18.6 Å². The molecule has 208 valence electrons. The average molecular weight is 576 g/mol. The van der Waals surface area contributed by atoms with E-state index >= 15 is 0 Å². The Balaban J connectivity index is 2.33. The van der Waals surface area contributed by atoms with Gasteiger partial charge in [-0.15, -0.1) is 0 Å². The summed E-state index contributed by atoms with van der Waals surface area (Å²) in [5.41, 5.74) is -8.07. The van der Waals surface area contributed by atoms with Gasteiger partial charge in [0.25, 0.3) is 0 Å². The van der Waals surface area contributed by atoms with Gasteiger partial charge < -0.3 is 9.05 Å². The molecule has 0 bridgehead atoms. The Morgan fingerprint density at radius 2 is 0.838 bits per heavy atom. The number of halogens is 12. The average Bonchev–Trinajstić information content (AvgIpc) is 2.74. The summed E-state index contributed by atoms with van der Waals surface area (Å²) in [6.45, 7) is -0.737. The molecular weight excluding hydrogens is 559 g/mol. The molecule has 3 nitrogen and oxygen atoms in total. The van der Waals surface area contributed by atoms with E-state index in [1.54, 1.807) is 0 Å². The third kappa shape index (κ3) is 8.92. The third-order valence-corrected chi connectivity index (χ3v) is 6.69. The molecule has 0 amide bonds. The first-order valence-corrected chi connectivity index (χ1v) is 11.8. The summed E-state index contributed by atoms with van der Waals surface area (Å²) < 4.78 is 179. The van der Waals surface area contributed by atoms with Crippen molar-refractivity contribution in [1.82, 2.24) is 0 Å². The highest BCUT2D eigenvalue weighted by Gasteiger charge is 2.38. The molecule has 16 heteroatoms. The molecule has 2 aromatic carbocycles. The van der Waals surface area contributed by atoms with Gasteiger partial charge in [0.15, 0.2) is 0 Å². The third-order valence-electron chi connectivity index (χ3n) is 4.65. The van der Waals surface area contributed by atoms with Gasteiger partial charge in [0.05, 0.1) is 35.5 Å². The molecule has 0 aromatic heterocycles. The largest absolute Gasteiger partial charge is 0.416 e. The predicted molar refractivity (Wildman–Crippen MR) is 105 cm³/mol. The zero-order valence-corrected chi connectivity index (χ0v) is 19.4. The number of hydrogen-bond donors (Lipinski definition) is 0. The fourth-order valence-electron chi connectivity index (χ4n) is 2.99. The summed E-state index contributed by atoms with van der Waals surface area (Å²) in [4.78, 5) is 0.